The summed E-state index contributed by atoms with van der Waals surface area (Å²) in [6, 6.07) is 10.1. The van der Waals surface area contributed by atoms with Crippen LogP contribution in [0.15, 0.2) is 34.9 Å². The Hall–Kier alpha value is -2.97. The van der Waals surface area contributed by atoms with Gasteiger partial charge in [-0.1, -0.05) is 29.5 Å². The van der Waals surface area contributed by atoms with Gasteiger partial charge >= 0.3 is 0 Å². The Morgan fingerprint density at radius 2 is 1.96 bits per heavy atom. The zero-order valence-electron chi connectivity index (χ0n) is 14.8. The van der Waals surface area contributed by atoms with Crippen LogP contribution in [0.3, 0.4) is 0 Å². The van der Waals surface area contributed by atoms with Crippen molar-refractivity contribution in [3.05, 3.63) is 64.3 Å². The molecule has 2 aromatic carbocycles. The summed E-state index contributed by atoms with van der Waals surface area (Å²) in [6.07, 6.45) is 0.712. The lowest BCUT2D eigenvalue weighted by molar-refractivity contribution is 0.393. The zero-order valence-corrected chi connectivity index (χ0v) is 15.6. The van der Waals surface area contributed by atoms with Crippen molar-refractivity contribution in [2.45, 2.75) is 27.2 Å². The molecule has 0 fully saturated rings. The molecule has 0 bridgehead atoms. The average molecular weight is 359 g/mol. The zero-order chi connectivity index (χ0) is 18.4. The third kappa shape index (κ3) is 2.59. The van der Waals surface area contributed by atoms with Crippen LogP contribution in [-0.4, -0.2) is 10.1 Å². The lowest BCUT2D eigenvalue weighted by Gasteiger charge is -2.14. The minimum atomic E-state index is 0.635. The van der Waals surface area contributed by atoms with E-state index in [9.17, 15) is 0 Å². The molecule has 0 unspecified atom stereocenters. The van der Waals surface area contributed by atoms with Crippen LogP contribution in [0.4, 0.5) is 11.4 Å². The minimum Gasteiger partial charge on any atom is -0.361 e. The molecule has 1 aromatic heterocycles. The highest BCUT2D eigenvalue weighted by molar-refractivity contribution is 7.80. The molecule has 2 heterocycles. The monoisotopic (exact) mass is 359 g/mol. The van der Waals surface area contributed by atoms with Crippen molar-refractivity contribution in [3.63, 3.8) is 0 Å². The maximum Gasteiger partial charge on any atom is 0.187 e. The first kappa shape index (κ1) is 16.5. The van der Waals surface area contributed by atoms with Gasteiger partial charge in [0, 0.05) is 17.7 Å². The number of nitrogens with zero attached hydrogens (tertiary/aromatic N) is 2. The smallest absolute Gasteiger partial charge is 0.187 e. The molecule has 0 spiro atoms. The third-order valence-corrected chi connectivity index (χ3v) is 5.07. The van der Waals surface area contributed by atoms with E-state index in [1.54, 1.807) is 0 Å². The van der Waals surface area contributed by atoms with E-state index in [0.29, 0.717) is 12.1 Å². The molecule has 1 N–H and O–H groups in total. The van der Waals surface area contributed by atoms with Gasteiger partial charge in [0.2, 0.25) is 0 Å². The molecule has 0 atom stereocenters. The van der Waals surface area contributed by atoms with E-state index in [0.717, 1.165) is 49.9 Å². The molecule has 0 aliphatic carbocycles. The van der Waals surface area contributed by atoms with Crippen LogP contribution in [0.1, 0.15) is 22.6 Å². The van der Waals surface area contributed by atoms with E-state index in [1.165, 1.54) is 5.56 Å². The van der Waals surface area contributed by atoms with Gasteiger partial charge in [-0.25, -0.2) is 4.85 Å². The lowest BCUT2D eigenvalue weighted by Crippen LogP contribution is -2.00. The molecule has 5 heteroatoms. The molecule has 1 aliphatic heterocycles. The molecule has 1 aliphatic rings. The summed E-state index contributed by atoms with van der Waals surface area (Å²) in [5.74, 6) is 0.792. The molecular formula is C21H17N3OS. The van der Waals surface area contributed by atoms with E-state index in [-0.39, 0.29) is 0 Å². The Morgan fingerprint density at radius 3 is 2.65 bits per heavy atom. The van der Waals surface area contributed by atoms with Crippen LogP contribution in [0.5, 0.6) is 0 Å². The molecular weight excluding hydrogens is 342 g/mol. The Bertz CT molecular complexity index is 1090. The fourth-order valence-corrected chi connectivity index (χ4v) is 3.83. The first-order valence-electron chi connectivity index (χ1n) is 8.36. The van der Waals surface area contributed by atoms with Gasteiger partial charge in [-0.2, -0.15) is 0 Å². The normalized spacial score (nSPS) is 12.6. The molecule has 0 saturated carbocycles. The van der Waals surface area contributed by atoms with E-state index < -0.39 is 0 Å². The van der Waals surface area contributed by atoms with E-state index in [4.69, 9.17) is 23.3 Å². The third-order valence-electron chi connectivity index (χ3n) is 4.82. The minimum absolute atomic E-state index is 0.635. The Balaban J connectivity index is 2.01. The maximum absolute atomic E-state index is 7.34. The highest BCUT2D eigenvalue weighted by Gasteiger charge is 2.23. The molecule has 0 amide bonds. The number of benzene rings is 2. The topological polar surface area (TPSA) is 42.4 Å². The number of hydrogen-bond donors (Lipinski definition) is 1. The molecule has 0 radical (unpaired) electrons. The van der Waals surface area contributed by atoms with E-state index in [1.807, 2.05) is 32.0 Å². The number of rotatable bonds is 2. The second-order valence-corrected chi connectivity index (χ2v) is 7.08. The summed E-state index contributed by atoms with van der Waals surface area (Å²) in [4.78, 5) is 4.41. The Morgan fingerprint density at radius 1 is 1.15 bits per heavy atom. The SMILES string of the molecule is [C-]#[N+]c1ccc(C)c(-c2cc(-c3c(C)noc3C)cc3c2CC(=S)N3)c1. The van der Waals surface area contributed by atoms with Crippen molar-refractivity contribution >= 4 is 28.6 Å². The van der Waals surface area contributed by atoms with E-state index >= 15 is 0 Å². The number of hydrogen-bond acceptors (Lipinski definition) is 3. The van der Waals surface area contributed by atoms with Crippen molar-refractivity contribution in [1.82, 2.24) is 5.16 Å². The summed E-state index contributed by atoms with van der Waals surface area (Å²) < 4.78 is 5.36. The van der Waals surface area contributed by atoms with Gasteiger partial charge in [-0.3, -0.25) is 0 Å². The molecule has 128 valence electrons. The van der Waals surface area contributed by atoms with Gasteiger partial charge in [0.25, 0.3) is 0 Å². The second kappa shape index (κ2) is 6.08. The van der Waals surface area contributed by atoms with Gasteiger partial charge in [-0.15, -0.1) is 0 Å². The van der Waals surface area contributed by atoms with Gasteiger partial charge in [0.1, 0.15) is 5.76 Å². The van der Waals surface area contributed by atoms with E-state index in [2.05, 4.69) is 34.4 Å². The standard InChI is InChI=1S/C21H17N3OS/c1-11-5-6-15(22-4)9-16(11)17-7-14(21-12(2)24-25-13(21)3)8-19-18(17)10-20(26)23-19/h5-9H,10H2,1-3H3,(H,23,26). The van der Waals surface area contributed by atoms with Gasteiger partial charge in [0.05, 0.1) is 17.3 Å². The molecule has 4 nitrogen and oxygen atoms in total. The summed E-state index contributed by atoms with van der Waals surface area (Å²) in [5.41, 5.74) is 9.05. The van der Waals surface area contributed by atoms with Crippen molar-refractivity contribution in [1.29, 1.82) is 0 Å². The highest BCUT2D eigenvalue weighted by Crippen LogP contribution is 2.41. The number of anilines is 1. The number of aromatic nitrogens is 1. The fraction of sp³-hybridized carbons (Fsp3) is 0.190. The molecule has 0 saturated heterocycles. The average Bonchev–Trinajstić information content (AvgIpc) is 3.15. The van der Waals surface area contributed by atoms with Crippen molar-refractivity contribution in [3.8, 4) is 22.3 Å². The molecule has 4 rings (SSSR count). The van der Waals surface area contributed by atoms with Crippen LogP contribution >= 0.6 is 12.2 Å². The summed E-state index contributed by atoms with van der Waals surface area (Å²) >= 11 is 5.42. The summed E-state index contributed by atoms with van der Waals surface area (Å²) in [7, 11) is 0. The van der Waals surface area contributed by atoms with Crippen LogP contribution < -0.4 is 5.32 Å². The largest absolute Gasteiger partial charge is 0.361 e. The molecule has 26 heavy (non-hydrogen) atoms. The van der Waals surface area contributed by atoms with Crippen molar-refractivity contribution in [2.24, 2.45) is 0 Å². The number of thiocarbonyl (C=S) groups is 1. The fourth-order valence-electron chi connectivity index (χ4n) is 3.58. The molecule has 3 aromatic rings. The quantitative estimate of drug-likeness (QED) is 0.465. The predicted molar refractivity (Wildman–Crippen MR) is 108 cm³/mol. The van der Waals surface area contributed by atoms with Crippen LogP contribution in [0.25, 0.3) is 27.1 Å². The summed E-state index contributed by atoms with van der Waals surface area (Å²) in [5, 5.41) is 7.40. The van der Waals surface area contributed by atoms with Gasteiger partial charge in [-0.05, 0) is 66.8 Å². The predicted octanol–water partition coefficient (Wildman–Crippen LogP) is 5.78. The number of nitrogens with one attached hydrogen (secondary N) is 1. The van der Waals surface area contributed by atoms with Crippen molar-refractivity contribution < 1.29 is 4.52 Å². The van der Waals surface area contributed by atoms with Crippen molar-refractivity contribution in [2.75, 3.05) is 5.32 Å². The van der Waals surface area contributed by atoms with Gasteiger partial charge in [0.15, 0.2) is 5.69 Å². The second-order valence-electron chi connectivity index (χ2n) is 6.59. The first-order valence-corrected chi connectivity index (χ1v) is 8.77. The number of aryl methyl sites for hydroxylation is 3. The first-order chi connectivity index (χ1) is 12.5. The summed E-state index contributed by atoms with van der Waals surface area (Å²) in [6.45, 7) is 13.3. The Kier molecular flexibility index (Phi) is 3.86. The maximum atomic E-state index is 7.34. The van der Waals surface area contributed by atoms with Crippen LogP contribution in [-0.2, 0) is 6.42 Å². The van der Waals surface area contributed by atoms with Crippen LogP contribution in [0.2, 0.25) is 0 Å². The number of fused-ring (bicyclic) bond motifs is 1. The Labute approximate surface area is 157 Å². The lowest BCUT2D eigenvalue weighted by atomic mass is 9.90. The van der Waals surface area contributed by atoms with Crippen LogP contribution in [0, 0.1) is 27.3 Å². The van der Waals surface area contributed by atoms with Gasteiger partial charge < -0.3 is 9.84 Å². The highest BCUT2D eigenvalue weighted by atomic mass is 32.1.